The highest BCUT2D eigenvalue weighted by atomic mass is 16.7. The molecule has 5 atom stereocenters. The van der Waals surface area contributed by atoms with Gasteiger partial charge in [-0.1, -0.05) is 30.3 Å². The highest BCUT2D eigenvalue weighted by molar-refractivity contribution is 5.16. The van der Waals surface area contributed by atoms with Gasteiger partial charge in [0.15, 0.2) is 12.6 Å². The van der Waals surface area contributed by atoms with E-state index in [0.29, 0.717) is 0 Å². The van der Waals surface area contributed by atoms with E-state index in [0.717, 1.165) is 5.56 Å². The van der Waals surface area contributed by atoms with Crippen LogP contribution in [0.2, 0.25) is 0 Å². The van der Waals surface area contributed by atoms with Crippen molar-refractivity contribution in [1.29, 1.82) is 0 Å². The minimum atomic E-state index is -1.19. The van der Waals surface area contributed by atoms with Gasteiger partial charge >= 0.3 is 0 Å². The van der Waals surface area contributed by atoms with Crippen LogP contribution in [0.15, 0.2) is 30.3 Å². The number of rotatable bonds is 2. The Hall–Kier alpha value is -1.02. The van der Waals surface area contributed by atoms with E-state index in [4.69, 9.17) is 18.9 Å². The molecule has 1 aliphatic heterocycles. The molecule has 0 spiro atoms. The van der Waals surface area contributed by atoms with Crippen LogP contribution >= 0.6 is 0 Å². The fourth-order valence-corrected chi connectivity index (χ4v) is 2.16. The Labute approximate surface area is 124 Å². The first-order valence-electron chi connectivity index (χ1n) is 6.96. The number of benzene rings is 1. The van der Waals surface area contributed by atoms with Gasteiger partial charge in [0.25, 0.3) is 0 Å². The number of hydrogen-bond donors (Lipinski definition) is 2. The topological polar surface area (TPSA) is 77.4 Å². The van der Waals surface area contributed by atoms with Crippen LogP contribution in [0.4, 0.5) is 0 Å². The van der Waals surface area contributed by atoms with E-state index in [1.807, 2.05) is 30.3 Å². The molecule has 5 unspecified atom stereocenters. The number of aliphatic hydroxyl groups is 2. The summed E-state index contributed by atoms with van der Waals surface area (Å²) >= 11 is 0. The number of aliphatic hydroxyl groups excluding tert-OH is 2. The molecule has 1 aliphatic rings. The zero-order valence-corrected chi connectivity index (χ0v) is 12.2. The molecule has 21 heavy (non-hydrogen) atoms. The van der Waals surface area contributed by atoms with E-state index < -0.39 is 30.9 Å². The number of ether oxygens (including phenoxy) is 4. The average molecular weight is 298 g/mol. The Morgan fingerprint density at radius 1 is 1.05 bits per heavy atom. The maximum absolute atomic E-state index is 10.1. The summed E-state index contributed by atoms with van der Waals surface area (Å²) < 4.78 is 21.8. The molecule has 1 heterocycles. The molecular weight excluding hydrogens is 276 g/mol. The monoisotopic (exact) mass is 298 g/mol. The van der Waals surface area contributed by atoms with Gasteiger partial charge in [-0.05, 0) is 6.92 Å². The Balaban J connectivity index is 2.12. The van der Waals surface area contributed by atoms with E-state index >= 15 is 0 Å². The van der Waals surface area contributed by atoms with Gasteiger partial charge in [-0.3, -0.25) is 0 Å². The van der Waals surface area contributed by atoms with Gasteiger partial charge in [-0.2, -0.15) is 0 Å². The molecule has 0 aliphatic carbocycles. The van der Waals surface area contributed by atoms with Gasteiger partial charge in [0, 0.05) is 12.7 Å². The molecule has 0 bridgehead atoms. The third kappa shape index (κ3) is 4.23. The quantitative estimate of drug-likeness (QED) is 0.842. The Morgan fingerprint density at radius 2 is 1.71 bits per heavy atom. The largest absolute Gasteiger partial charge is 0.388 e. The van der Waals surface area contributed by atoms with Crippen LogP contribution < -0.4 is 0 Å². The second kappa shape index (κ2) is 7.84. The van der Waals surface area contributed by atoms with E-state index in [1.165, 1.54) is 7.11 Å². The molecule has 0 amide bonds. The molecule has 1 aromatic rings. The lowest BCUT2D eigenvalue weighted by atomic mass is 10.1. The molecule has 2 N–H and O–H groups in total. The Bertz CT molecular complexity index is 412. The van der Waals surface area contributed by atoms with Crippen LogP contribution in [0.5, 0.6) is 0 Å². The van der Waals surface area contributed by atoms with Crippen molar-refractivity contribution in [2.24, 2.45) is 0 Å². The summed E-state index contributed by atoms with van der Waals surface area (Å²) in [6.45, 7) is 2.18. The van der Waals surface area contributed by atoms with Crippen molar-refractivity contribution < 1.29 is 29.2 Å². The molecule has 6 nitrogen and oxygen atoms in total. The number of hydrogen-bond acceptors (Lipinski definition) is 6. The Kier molecular flexibility index (Phi) is 6.10. The summed E-state index contributed by atoms with van der Waals surface area (Å²) in [6.07, 6.45) is -4.53. The van der Waals surface area contributed by atoms with Crippen LogP contribution in [0.3, 0.4) is 0 Å². The molecule has 118 valence electrons. The van der Waals surface area contributed by atoms with Gasteiger partial charge in [0.1, 0.15) is 12.2 Å². The molecule has 6 heteroatoms. The molecule has 2 rings (SSSR count). The van der Waals surface area contributed by atoms with Crippen LogP contribution in [-0.4, -0.2) is 55.1 Å². The molecule has 0 saturated carbocycles. The minimum Gasteiger partial charge on any atom is -0.388 e. The molecule has 1 fully saturated rings. The van der Waals surface area contributed by atoms with Gasteiger partial charge in [0.05, 0.1) is 19.3 Å². The maximum Gasteiger partial charge on any atom is 0.185 e. The van der Waals surface area contributed by atoms with Crippen molar-refractivity contribution in [2.45, 2.75) is 37.8 Å². The van der Waals surface area contributed by atoms with Crippen LogP contribution in [0.1, 0.15) is 18.8 Å². The summed E-state index contributed by atoms with van der Waals surface area (Å²) in [5, 5.41) is 20.2. The summed E-state index contributed by atoms with van der Waals surface area (Å²) in [5.41, 5.74) is 0.843. The van der Waals surface area contributed by atoms with Crippen molar-refractivity contribution >= 4 is 0 Å². The van der Waals surface area contributed by atoms with Crippen LogP contribution in [-0.2, 0) is 18.9 Å². The van der Waals surface area contributed by atoms with Gasteiger partial charge < -0.3 is 29.2 Å². The van der Waals surface area contributed by atoms with E-state index in [2.05, 4.69) is 0 Å². The SMILES string of the molecule is COC1OCCOC(c2ccccc2)OC(C)C(O)C1O. The third-order valence-corrected chi connectivity index (χ3v) is 3.39. The van der Waals surface area contributed by atoms with Gasteiger partial charge in [-0.15, -0.1) is 0 Å². The van der Waals surface area contributed by atoms with Crippen molar-refractivity contribution in [3.63, 3.8) is 0 Å². The Morgan fingerprint density at radius 3 is 2.38 bits per heavy atom. The first kappa shape index (κ1) is 16.4. The highest BCUT2D eigenvalue weighted by Crippen LogP contribution is 2.24. The maximum atomic E-state index is 10.1. The lowest BCUT2D eigenvalue weighted by Crippen LogP contribution is -2.47. The molecule has 1 saturated heterocycles. The van der Waals surface area contributed by atoms with E-state index in [1.54, 1.807) is 6.92 Å². The zero-order chi connectivity index (χ0) is 15.2. The smallest absolute Gasteiger partial charge is 0.185 e. The van der Waals surface area contributed by atoms with E-state index in [-0.39, 0.29) is 13.2 Å². The van der Waals surface area contributed by atoms with Gasteiger partial charge in [-0.25, -0.2) is 0 Å². The molecule has 0 radical (unpaired) electrons. The lowest BCUT2D eigenvalue weighted by Gasteiger charge is -2.33. The van der Waals surface area contributed by atoms with Gasteiger partial charge in [0.2, 0.25) is 0 Å². The number of methoxy groups -OCH3 is 1. The first-order valence-corrected chi connectivity index (χ1v) is 6.96. The summed E-state index contributed by atoms with van der Waals surface area (Å²) in [5.74, 6) is 0. The van der Waals surface area contributed by atoms with Crippen molar-refractivity contribution in [1.82, 2.24) is 0 Å². The first-order chi connectivity index (χ1) is 10.1. The predicted octanol–water partition coefficient (Wildman–Crippen LogP) is 0.831. The second-order valence-electron chi connectivity index (χ2n) is 4.91. The minimum absolute atomic E-state index is 0.226. The van der Waals surface area contributed by atoms with Crippen LogP contribution in [0.25, 0.3) is 0 Å². The summed E-state index contributed by atoms with van der Waals surface area (Å²) in [7, 11) is 1.41. The van der Waals surface area contributed by atoms with Crippen molar-refractivity contribution in [3.8, 4) is 0 Å². The van der Waals surface area contributed by atoms with Crippen LogP contribution in [0, 0.1) is 0 Å². The highest BCUT2D eigenvalue weighted by Gasteiger charge is 2.34. The summed E-state index contributed by atoms with van der Waals surface area (Å²) in [4.78, 5) is 0. The van der Waals surface area contributed by atoms with E-state index in [9.17, 15) is 10.2 Å². The zero-order valence-electron chi connectivity index (χ0n) is 12.2. The van der Waals surface area contributed by atoms with Crippen molar-refractivity contribution in [3.05, 3.63) is 35.9 Å². The second-order valence-corrected chi connectivity index (χ2v) is 4.91. The molecular formula is C15H22O6. The average Bonchev–Trinajstić information content (AvgIpc) is 2.52. The predicted molar refractivity (Wildman–Crippen MR) is 74.4 cm³/mol. The summed E-state index contributed by atoms with van der Waals surface area (Å²) in [6, 6.07) is 9.43. The van der Waals surface area contributed by atoms with Crippen molar-refractivity contribution in [2.75, 3.05) is 20.3 Å². The standard InChI is InChI=1S/C15H22O6/c1-10-12(16)13(17)15(18-2)20-9-8-19-14(21-10)11-6-4-3-5-7-11/h3-7,10,12-17H,8-9H2,1-2H3. The third-order valence-electron chi connectivity index (χ3n) is 3.39. The fourth-order valence-electron chi connectivity index (χ4n) is 2.16. The molecule has 1 aromatic carbocycles. The molecule has 0 aromatic heterocycles. The fraction of sp³-hybridized carbons (Fsp3) is 0.600. The lowest BCUT2D eigenvalue weighted by molar-refractivity contribution is -0.264. The normalized spacial score (nSPS) is 35.3.